The quantitative estimate of drug-likeness (QED) is 0.877. The zero-order valence-electron chi connectivity index (χ0n) is 14.4. The number of aliphatic hydroxyl groups is 1. The summed E-state index contributed by atoms with van der Waals surface area (Å²) in [5.41, 5.74) is 3.29. The Morgan fingerprint density at radius 2 is 1.83 bits per heavy atom. The highest BCUT2D eigenvalue weighted by molar-refractivity contribution is 5.91. The SMILES string of the molecule is Cc1c(NC(=O)N2CC3CCC(C2)C3O)cccc1N1CCCC1. The molecule has 2 amide bonds. The molecule has 130 valence electrons. The summed E-state index contributed by atoms with van der Waals surface area (Å²) in [6.45, 7) is 5.65. The lowest BCUT2D eigenvalue weighted by Crippen LogP contribution is -2.48. The van der Waals surface area contributed by atoms with Crippen molar-refractivity contribution < 1.29 is 9.90 Å². The number of nitrogens with zero attached hydrogens (tertiary/aromatic N) is 2. The molecule has 24 heavy (non-hydrogen) atoms. The molecule has 5 heteroatoms. The molecule has 1 aromatic carbocycles. The van der Waals surface area contributed by atoms with Gasteiger partial charge in [-0.2, -0.15) is 0 Å². The average Bonchev–Trinajstić information content (AvgIpc) is 3.15. The molecule has 2 unspecified atom stereocenters. The highest BCUT2D eigenvalue weighted by atomic mass is 16.3. The molecular formula is C19H27N3O2. The molecule has 5 nitrogen and oxygen atoms in total. The smallest absolute Gasteiger partial charge is 0.321 e. The van der Waals surface area contributed by atoms with Gasteiger partial charge >= 0.3 is 6.03 Å². The van der Waals surface area contributed by atoms with Crippen LogP contribution in [0.3, 0.4) is 0 Å². The number of carbonyl (C=O) groups excluding carboxylic acids is 1. The summed E-state index contributed by atoms with van der Waals surface area (Å²) in [7, 11) is 0. The van der Waals surface area contributed by atoms with Gasteiger partial charge in [0.25, 0.3) is 0 Å². The number of urea groups is 1. The number of rotatable bonds is 2. The van der Waals surface area contributed by atoms with Crippen molar-refractivity contribution in [1.82, 2.24) is 4.90 Å². The van der Waals surface area contributed by atoms with Crippen molar-refractivity contribution in [2.45, 2.75) is 38.7 Å². The Balaban J connectivity index is 1.47. The molecule has 3 fully saturated rings. The van der Waals surface area contributed by atoms with Crippen molar-refractivity contribution in [1.29, 1.82) is 0 Å². The molecule has 2 bridgehead atoms. The van der Waals surface area contributed by atoms with Gasteiger partial charge in [0.1, 0.15) is 0 Å². The molecule has 1 aliphatic carbocycles. The molecule has 2 heterocycles. The maximum atomic E-state index is 12.7. The molecular weight excluding hydrogens is 302 g/mol. The van der Waals surface area contributed by atoms with Crippen LogP contribution in [0.1, 0.15) is 31.2 Å². The van der Waals surface area contributed by atoms with E-state index < -0.39 is 0 Å². The Morgan fingerprint density at radius 1 is 1.17 bits per heavy atom. The van der Waals surface area contributed by atoms with Gasteiger partial charge < -0.3 is 20.2 Å². The van der Waals surface area contributed by atoms with Gasteiger partial charge in [0.05, 0.1) is 6.10 Å². The first-order valence-corrected chi connectivity index (χ1v) is 9.22. The summed E-state index contributed by atoms with van der Waals surface area (Å²) in [6.07, 6.45) is 4.36. The zero-order chi connectivity index (χ0) is 16.7. The Morgan fingerprint density at radius 3 is 2.50 bits per heavy atom. The van der Waals surface area contributed by atoms with Crippen LogP contribution < -0.4 is 10.2 Å². The Hall–Kier alpha value is -1.75. The number of hydrogen-bond acceptors (Lipinski definition) is 3. The predicted octanol–water partition coefficient (Wildman–Crippen LogP) is 2.83. The van der Waals surface area contributed by atoms with Gasteiger partial charge in [0.2, 0.25) is 0 Å². The Kier molecular flexibility index (Phi) is 4.12. The fraction of sp³-hybridized carbons (Fsp3) is 0.632. The van der Waals surface area contributed by atoms with Gasteiger partial charge in [0, 0.05) is 49.4 Å². The van der Waals surface area contributed by atoms with Crippen LogP contribution in [0.5, 0.6) is 0 Å². The van der Waals surface area contributed by atoms with E-state index in [0.717, 1.165) is 37.2 Å². The number of nitrogens with one attached hydrogen (secondary N) is 1. The second-order valence-corrected chi connectivity index (χ2v) is 7.57. The summed E-state index contributed by atoms with van der Waals surface area (Å²) >= 11 is 0. The molecule has 0 aromatic heterocycles. The number of hydrogen-bond donors (Lipinski definition) is 2. The minimum absolute atomic E-state index is 0.0273. The maximum Gasteiger partial charge on any atom is 0.321 e. The molecule has 1 saturated carbocycles. The van der Waals surface area contributed by atoms with E-state index in [0.29, 0.717) is 13.1 Å². The third-order valence-corrected chi connectivity index (χ3v) is 6.06. The molecule has 1 aromatic rings. The first kappa shape index (κ1) is 15.8. The van der Waals surface area contributed by atoms with Gasteiger partial charge in [-0.1, -0.05) is 6.07 Å². The number of anilines is 2. The van der Waals surface area contributed by atoms with Crippen LogP contribution in [0.15, 0.2) is 18.2 Å². The van der Waals surface area contributed by atoms with Crippen LogP contribution in [0.2, 0.25) is 0 Å². The van der Waals surface area contributed by atoms with E-state index in [-0.39, 0.29) is 24.0 Å². The van der Waals surface area contributed by atoms with Gasteiger partial charge in [-0.05, 0) is 50.3 Å². The number of amides is 2. The lowest BCUT2D eigenvalue weighted by molar-refractivity contribution is 0.0326. The Labute approximate surface area is 143 Å². The Bertz CT molecular complexity index is 613. The lowest BCUT2D eigenvalue weighted by Gasteiger charge is -2.35. The molecule has 2 aliphatic heterocycles. The third kappa shape index (κ3) is 2.75. The van der Waals surface area contributed by atoms with Crippen molar-refractivity contribution in [2.75, 3.05) is 36.4 Å². The van der Waals surface area contributed by atoms with Gasteiger partial charge in [-0.15, -0.1) is 0 Å². The van der Waals surface area contributed by atoms with E-state index in [1.54, 1.807) is 0 Å². The van der Waals surface area contributed by atoms with E-state index in [9.17, 15) is 9.90 Å². The lowest BCUT2D eigenvalue weighted by atomic mass is 9.95. The molecule has 0 spiro atoms. The minimum Gasteiger partial charge on any atom is -0.392 e. The second kappa shape index (κ2) is 6.28. The van der Waals surface area contributed by atoms with Crippen LogP contribution in [0.4, 0.5) is 16.2 Å². The number of carbonyl (C=O) groups is 1. The van der Waals surface area contributed by atoms with Gasteiger partial charge in [-0.25, -0.2) is 4.79 Å². The average molecular weight is 329 g/mol. The van der Waals surface area contributed by atoms with Crippen LogP contribution >= 0.6 is 0 Å². The molecule has 3 aliphatic rings. The van der Waals surface area contributed by atoms with Crippen molar-refractivity contribution in [2.24, 2.45) is 11.8 Å². The van der Waals surface area contributed by atoms with E-state index in [1.165, 1.54) is 18.5 Å². The largest absolute Gasteiger partial charge is 0.392 e. The molecule has 2 saturated heterocycles. The van der Waals surface area contributed by atoms with Gasteiger partial charge in [0.15, 0.2) is 0 Å². The first-order valence-electron chi connectivity index (χ1n) is 9.22. The monoisotopic (exact) mass is 329 g/mol. The molecule has 2 N–H and O–H groups in total. The third-order valence-electron chi connectivity index (χ3n) is 6.06. The first-order chi connectivity index (χ1) is 11.6. The van der Waals surface area contributed by atoms with Crippen molar-refractivity contribution in [3.05, 3.63) is 23.8 Å². The summed E-state index contributed by atoms with van der Waals surface area (Å²) < 4.78 is 0. The van der Waals surface area contributed by atoms with E-state index in [2.05, 4.69) is 23.2 Å². The van der Waals surface area contributed by atoms with Crippen LogP contribution in [-0.2, 0) is 0 Å². The van der Waals surface area contributed by atoms with Crippen LogP contribution in [0.25, 0.3) is 0 Å². The summed E-state index contributed by atoms with van der Waals surface area (Å²) in [6, 6.07) is 6.13. The maximum absolute atomic E-state index is 12.7. The van der Waals surface area contributed by atoms with Crippen molar-refractivity contribution >= 4 is 17.4 Å². The number of fused-ring (bicyclic) bond motifs is 2. The van der Waals surface area contributed by atoms with E-state index in [4.69, 9.17) is 0 Å². The number of benzene rings is 1. The number of likely N-dealkylation sites (tertiary alicyclic amines) is 1. The molecule has 0 radical (unpaired) electrons. The summed E-state index contributed by atoms with van der Waals surface area (Å²) in [5, 5.41) is 13.2. The summed E-state index contributed by atoms with van der Waals surface area (Å²) in [5.74, 6) is 0.512. The van der Waals surface area contributed by atoms with Crippen LogP contribution in [0, 0.1) is 18.8 Å². The zero-order valence-corrected chi connectivity index (χ0v) is 14.4. The normalized spacial score (nSPS) is 29.2. The fourth-order valence-electron chi connectivity index (χ4n) is 4.61. The van der Waals surface area contributed by atoms with E-state index >= 15 is 0 Å². The topological polar surface area (TPSA) is 55.8 Å². The number of aliphatic hydroxyl groups excluding tert-OH is 1. The minimum atomic E-state index is -0.214. The molecule has 4 rings (SSSR count). The molecule has 2 atom stereocenters. The van der Waals surface area contributed by atoms with Gasteiger partial charge in [-0.3, -0.25) is 0 Å². The van der Waals surface area contributed by atoms with Crippen molar-refractivity contribution in [3.8, 4) is 0 Å². The highest BCUT2D eigenvalue weighted by Gasteiger charge is 2.42. The predicted molar refractivity (Wildman–Crippen MR) is 95.4 cm³/mol. The second-order valence-electron chi connectivity index (χ2n) is 7.57. The van der Waals surface area contributed by atoms with E-state index in [1.807, 2.05) is 17.0 Å². The standard InChI is InChI=1S/C19H27N3O2/c1-13-16(5-4-6-17(13)21-9-2-3-10-21)20-19(24)22-11-14-7-8-15(12-22)18(14)23/h4-6,14-15,18,23H,2-3,7-12H2,1H3,(H,20,24). The number of piperidine rings is 1. The van der Waals surface area contributed by atoms with Crippen LogP contribution in [-0.4, -0.2) is 48.3 Å². The summed E-state index contributed by atoms with van der Waals surface area (Å²) in [4.78, 5) is 17.0. The fourth-order valence-corrected chi connectivity index (χ4v) is 4.61. The highest BCUT2D eigenvalue weighted by Crippen LogP contribution is 2.37. The van der Waals surface area contributed by atoms with Crippen molar-refractivity contribution in [3.63, 3.8) is 0 Å².